The SMILES string of the molecule is Cn1nnn([B]n2nnn(C)c2=S)c1=S. The summed E-state index contributed by atoms with van der Waals surface area (Å²) in [5.74, 6) is 0. The largest absolute Gasteiger partial charge is 0.449 e. The third kappa shape index (κ3) is 1.75. The molecule has 0 amide bonds. The first-order valence-corrected chi connectivity index (χ1v) is 4.73. The summed E-state index contributed by atoms with van der Waals surface area (Å²) in [4.78, 5) is 0. The van der Waals surface area contributed by atoms with Gasteiger partial charge in [-0.25, -0.2) is 18.5 Å². The van der Waals surface area contributed by atoms with E-state index in [2.05, 4.69) is 20.9 Å². The van der Waals surface area contributed by atoms with Crippen molar-refractivity contribution in [3.63, 3.8) is 0 Å². The van der Waals surface area contributed by atoms with Crippen LogP contribution in [0.5, 0.6) is 0 Å². The second-order valence-corrected chi connectivity index (χ2v) is 3.51. The van der Waals surface area contributed by atoms with Crippen LogP contribution in [0.4, 0.5) is 0 Å². The summed E-state index contributed by atoms with van der Waals surface area (Å²) in [7, 11) is 4.93. The van der Waals surface area contributed by atoms with Crippen molar-refractivity contribution in [3.05, 3.63) is 9.54 Å². The highest BCUT2D eigenvalue weighted by atomic mass is 32.1. The predicted octanol–water partition coefficient (Wildman–Crippen LogP) is -1.06. The number of aromatic nitrogens is 8. The Labute approximate surface area is 95.4 Å². The third-order valence-corrected chi connectivity index (χ3v) is 2.61. The molecule has 0 aliphatic heterocycles. The van der Waals surface area contributed by atoms with Crippen molar-refractivity contribution in [2.45, 2.75) is 0 Å². The lowest BCUT2D eigenvalue weighted by atomic mass is 10.2. The Bertz CT molecular complexity index is 536. The zero-order valence-corrected chi connectivity index (χ0v) is 9.60. The van der Waals surface area contributed by atoms with Gasteiger partial charge in [0, 0.05) is 14.1 Å². The zero-order valence-electron chi connectivity index (χ0n) is 7.97. The number of hydrogen-bond donors (Lipinski definition) is 0. The minimum absolute atomic E-state index is 0.447. The molecule has 0 saturated heterocycles. The van der Waals surface area contributed by atoms with Crippen molar-refractivity contribution < 1.29 is 0 Å². The average molecular weight is 241 g/mol. The molecule has 2 aromatic rings. The average Bonchev–Trinajstić information content (AvgIpc) is 2.68. The minimum atomic E-state index is 0.447. The van der Waals surface area contributed by atoms with Crippen molar-refractivity contribution in [2.24, 2.45) is 14.1 Å². The molecule has 0 spiro atoms. The molecule has 0 bridgehead atoms. The molecule has 2 rings (SSSR count). The molecular weight excluding hydrogens is 235 g/mol. The summed E-state index contributed by atoms with van der Waals surface area (Å²) < 4.78 is 6.60. The van der Waals surface area contributed by atoms with Crippen LogP contribution in [0, 0.1) is 9.54 Å². The van der Waals surface area contributed by atoms with Crippen LogP contribution in [0.1, 0.15) is 0 Å². The maximum absolute atomic E-state index is 5.04. The van der Waals surface area contributed by atoms with Crippen LogP contribution >= 0.6 is 24.4 Å². The van der Waals surface area contributed by atoms with E-state index in [0.29, 0.717) is 9.54 Å². The van der Waals surface area contributed by atoms with Crippen LogP contribution in [-0.2, 0) is 14.1 Å². The fraction of sp³-hybridized carbons (Fsp3) is 0.500. The summed E-state index contributed by atoms with van der Waals surface area (Å²) in [5, 5.41) is 15.1. The molecule has 77 valence electrons. The highest BCUT2D eigenvalue weighted by Crippen LogP contribution is 1.87. The van der Waals surface area contributed by atoms with Gasteiger partial charge < -0.3 is 0 Å². The molecule has 0 saturated carbocycles. The molecule has 0 unspecified atom stereocenters. The Hall–Kier alpha value is -1.36. The molecule has 2 heterocycles. The number of nitrogens with zero attached hydrogens (tertiary/aromatic N) is 8. The van der Waals surface area contributed by atoms with Crippen LogP contribution < -0.4 is 0 Å². The van der Waals surface area contributed by atoms with Gasteiger partial charge >= 0.3 is 7.55 Å². The second-order valence-electron chi connectivity index (χ2n) is 2.77. The molecule has 0 N–H and O–H groups in total. The van der Waals surface area contributed by atoms with Crippen molar-refractivity contribution in [3.8, 4) is 0 Å². The third-order valence-electron chi connectivity index (χ3n) is 1.71. The molecule has 2 aromatic heterocycles. The van der Waals surface area contributed by atoms with Crippen LogP contribution in [-0.4, -0.2) is 47.0 Å². The Balaban J connectivity index is 2.38. The van der Waals surface area contributed by atoms with E-state index in [9.17, 15) is 0 Å². The van der Waals surface area contributed by atoms with Crippen molar-refractivity contribution >= 4 is 32.0 Å². The summed E-state index contributed by atoms with van der Waals surface area (Å²) in [6.07, 6.45) is 0. The van der Waals surface area contributed by atoms with Gasteiger partial charge in [-0.05, 0) is 34.9 Å². The maximum Gasteiger partial charge on any atom is 0.449 e. The van der Waals surface area contributed by atoms with Crippen LogP contribution in [0.2, 0.25) is 0 Å². The summed E-state index contributed by atoms with van der Waals surface area (Å²) in [5.41, 5.74) is 0. The van der Waals surface area contributed by atoms with E-state index in [-0.39, 0.29) is 0 Å². The van der Waals surface area contributed by atoms with Gasteiger partial charge in [-0.2, -0.15) is 0 Å². The standard InChI is InChI=1S/C4H6BN8S2/c1-10-3(14)12(8-6-10)5-13-4(15)11(2)7-9-13/h1-2H3. The highest BCUT2D eigenvalue weighted by molar-refractivity contribution is 7.71. The van der Waals surface area contributed by atoms with Gasteiger partial charge in [-0.1, -0.05) is 10.4 Å². The first-order chi connectivity index (χ1) is 7.09. The number of rotatable bonds is 2. The molecule has 0 aliphatic carbocycles. The van der Waals surface area contributed by atoms with Crippen molar-refractivity contribution in [1.82, 2.24) is 39.4 Å². The van der Waals surface area contributed by atoms with Gasteiger partial charge in [0.15, 0.2) is 0 Å². The Morgan fingerprint density at radius 2 is 1.27 bits per heavy atom. The molecule has 0 aliphatic rings. The Morgan fingerprint density at radius 3 is 1.53 bits per heavy atom. The summed E-state index contributed by atoms with van der Waals surface area (Å²) >= 11 is 10.1. The number of tetrazole rings is 2. The van der Waals surface area contributed by atoms with Crippen molar-refractivity contribution in [1.29, 1.82) is 0 Å². The topological polar surface area (TPSA) is 71.3 Å². The van der Waals surface area contributed by atoms with E-state index in [4.69, 9.17) is 24.4 Å². The van der Waals surface area contributed by atoms with E-state index in [1.165, 1.54) is 26.1 Å². The fourth-order valence-corrected chi connectivity index (χ4v) is 1.14. The minimum Gasteiger partial charge on any atom is -0.242 e. The van der Waals surface area contributed by atoms with Gasteiger partial charge in [0.2, 0.25) is 9.54 Å². The van der Waals surface area contributed by atoms with E-state index in [0.717, 1.165) is 0 Å². The van der Waals surface area contributed by atoms with Gasteiger partial charge in [-0.15, -0.1) is 0 Å². The normalized spacial score (nSPS) is 10.5. The maximum atomic E-state index is 5.04. The lowest BCUT2D eigenvalue weighted by Crippen LogP contribution is -2.20. The molecular formula is C4H6BN8S2. The van der Waals surface area contributed by atoms with Gasteiger partial charge in [0.25, 0.3) is 0 Å². The van der Waals surface area contributed by atoms with Gasteiger partial charge in [0.1, 0.15) is 0 Å². The predicted molar refractivity (Wildman–Crippen MR) is 56.2 cm³/mol. The summed E-state index contributed by atoms with van der Waals surface area (Å²) in [6.45, 7) is 0. The molecule has 11 heteroatoms. The van der Waals surface area contributed by atoms with E-state index >= 15 is 0 Å². The fourth-order valence-electron chi connectivity index (χ4n) is 0.904. The number of hydrogen-bond acceptors (Lipinski definition) is 6. The molecule has 0 atom stereocenters. The molecule has 0 fully saturated rings. The molecule has 15 heavy (non-hydrogen) atoms. The van der Waals surface area contributed by atoms with E-state index in [1.807, 2.05) is 0 Å². The van der Waals surface area contributed by atoms with Crippen LogP contribution in [0.25, 0.3) is 0 Å². The molecule has 1 radical (unpaired) electrons. The zero-order chi connectivity index (χ0) is 11.0. The summed E-state index contributed by atoms with van der Waals surface area (Å²) in [6, 6.07) is 0. The molecule has 8 nitrogen and oxygen atoms in total. The Morgan fingerprint density at radius 1 is 0.867 bits per heavy atom. The van der Waals surface area contributed by atoms with Crippen molar-refractivity contribution in [2.75, 3.05) is 0 Å². The lowest BCUT2D eigenvalue weighted by Gasteiger charge is -1.94. The second kappa shape index (κ2) is 3.66. The van der Waals surface area contributed by atoms with E-state index in [1.54, 1.807) is 14.1 Å². The van der Waals surface area contributed by atoms with Crippen LogP contribution in [0.3, 0.4) is 0 Å². The lowest BCUT2D eigenvalue weighted by molar-refractivity contribution is 0.698. The first-order valence-electron chi connectivity index (χ1n) is 3.91. The van der Waals surface area contributed by atoms with Gasteiger partial charge in [0.05, 0.1) is 0 Å². The number of aryl methyl sites for hydroxylation is 2. The van der Waals surface area contributed by atoms with Crippen LogP contribution in [0.15, 0.2) is 0 Å². The highest BCUT2D eigenvalue weighted by Gasteiger charge is 2.08. The molecule has 0 aromatic carbocycles. The van der Waals surface area contributed by atoms with Gasteiger partial charge in [-0.3, -0.25) is 0 Å². The Kier molecular flexibility index (Phi) is 2.48. The van der Waals surface area contributed by atoms with E-state index < -0.39 is 0 Å². The monoisotopic (exact) mass is 241 g/mol. The quantitative estimate of drug-likeness (QED) is 0.492. The smallest absolute Gasteiger partial charge is 0.242 e. The first kappa shape index (κ1) is 10.2.